The van der Waals surface area contributed by atoms with Crippen molar-refractivity contribution >= 4 is 34.6 Å². The van der Waals surface area contributed by atoms with E-state index in [2.05, 4.69) is 15.5 Å². The van der Waals surface area contributed by atoms with Gasteiger partial charge in [-0.15, -0.1) is 0 Å². The molecule has 0 bridgehead atoms. The molecule has 26 heavy (non-hydrogen) atoms. The van der Waals surface area contributed by atoms with E-state index in [9.17, 15) is 4.79 Å². The second-order valence-electron chi connectivity index (χ2n) is 5.75. The van der Waals surface area contributed by atoms with Gasteiger partial charge in [0, 0.05) is 18.7 Å². The predicted octanol–water partition coefficient (Wildman–Crippen LogP) is 2.66. The molecule has 1 aliphatic rings. The van der Waals surface area contributed by atoms with Crippen molar-refractivity contribution in [2.24, 2.45) is 0 Å². The van der Waals surface area contributed by atoms with Crippen molar-refractivity contribution in [1.82, 2.24) is 5.32 Å². The Labute approximate surface area is 158 Å². The molecule has 2 aromatic carbocycles. The van der Waals surface area contributed by atoms with Gasteiger partial charge in [0.15, 0.2) is 5.11 Å². The predicted molar refractivity (Wildman–Crippen MR) is 106 cm³/mol. The minimum atomic E-state index is -0.269. The number of benzene rings is 2. The van der Waals surface area contributed by atoms with Crippen molar-refractivity contribution in [3.63, 3.8) is 0 Å². The van der Waals surface area contributed by atoms with Crippen molar-refractivity contribution < 1.29 is 14.3 Å². The summed E-state index contributed by atoms with van der Waals surface area (Å²) in [4.78, 5) is 14.6. The summed E-state index contributed by atoms with van der Waals surface area (Å²) in [5, 5.41) is 6.09. The molecule has 0 aliphatic carbocycles. The van der Waals surface area contributed by atoms with Crippen LogP contribution in [-0.2, 0) is 4.74 Å². The summed E-state index contributed by atoms with van der Waals surface area (Å²) >= 11 is 5.31. The Hall–Kier alpha value is -2.64. The zero-order chi connectivity index (χ0) is 18.4. The molecule has 1 heterocycles. The Kier molecular flexibility index (Phi) is 6.04. The van der Waals surface area contributed by atoms with Crippen LogP contribution in [0, 0.1) is 0 Å². The van der Waals surface area contributed by atoms with E-state index in [0.29, 0.717) is 24.5 Å². The first-order chi connectivity index (χ1) is 12.7. The van der Waals surface area contributed by atoms with Gasteiger partial charge < -0.3 is 19.7 Å². The molecular weight excluding hydrogens is 350 g/mol. The first-order valence-electron chi connectivity index (χ1n) is 8.35. The van der Waals surface area contributed by atoms with Crippen LogP contribution in [0.25, 0.3) is 0 Å². The third-order valence-electron chi connectivity index (χ3n) is 4.08. The number of rotatable bonds is 4. The van der Waals surface area contributed by atoms with E-state index in [1.807, 2.05) is 24.3 Å². The minimum Gasteiger partial charge on any atom is -0.497 e. The van der Waals surface area contributed by atoms with Gasteiger partial charge in [-0.25, -0.2) is 0 Å². The van der Waals surface area contributed by atoms with Crippen LogP contribution >= 0.6 is 12.2 Å². The molecule has 7 heteroatoms. The van der Waals surface area contributed by atoms with Crippen molar-refractivity contribution in [3.8, 4) is 5.75 Å². The Morgan fingerprint density at radius 3 is 2.50 bits per heavy atom. The van der Waals surface area contributed by atoms with Gasteiger partial charge in [0.05, 0.1) is 31.7 Å². The van der Waals surface area contributed by atoms with Crippen LogP contribution in [0.1, 0.15) is 10.4 Å². The van der Waals surface area contributed by atoms with Gasteiger partial charge in [0.25, 0.3) is 5.91 Å². The van der Waals surface area contributed by atoms with Gasteiger partial charge in [-0.1, -0.05) is 12.1 Å². The highest BCUT2D eigenvalue weighted by Crippen LogP contribution is 2.26. The number of carbonyl (C=O) groups excluding carboxylic acids is 1. The molecule has 136 valence electrons. The maximum atomic E-state index is 12.3. The number of anilines is 2. The first kappa shape index (κ1) is 18.2. The van der Waals surface area contributed by atoms with Crippen LogP contribution < -0.4 is 20.3 Å². The number of amides is 1. The fraction of sp³-hybridized carbons (Fsp3) is 0.263. The number of thiocarbonyl (C=S) groups is 1. The second kappa shape index (κ2) is 8.64. The molecule has 0 aromatic heterocycles. The smallest absolute Gasteiger partial charge is 0.257 e. The highest BCUT2D eigenvalue weighted by molar-refractivity contribution is 7.80. The van der Waals surface area contributed by atoms with E-state index in [-0.39, 0.29) is 11.0 Å². The molecular formula is C19H21N3O3S. The molecule has 2 aromatic rings. The minimum absolute atomic E-state index is 0.256. The number of hydrogen-bond donors (Lipinski definition) is 2. The molecule has 0 radical (unpaired) electrons. The van der Waals surface area contributed by atoms with Crippen molar-refractivity contribution in [2.45, 2.75) is 0 Å². The van der Waals surface area contributed by atoms with E-state index < -0.39 is 0 Å². The molecule has 0 saturated carbocycles. The Morgan fingerprint density at radius 1 is 1.12 bits per heavy atom. The van der Waals surface area contributed by atoms with Gasteiger partial charge in [0.1, 0.15) is 5.75 Å². The number of para-hydroxylation sites is 2. The quantitative estimate of drug-likeness (QED) is 0.806. The van der Waals surface area contributed by atoms with Crippen molar-refractivity contribution in [1.29, 1.82) is 0 Å². The molecule has 1 aliphatic heterocycles. The molecule has 1 amide bonds. The van der Waals surface area contributed by atoms with Crippen molar-refractivity contribution in [2.75, 3.05) is 43.6 Å². The average molecular weight is 371 g/mol. The molecule has 0 spiro atoms. The standard InChI is InChI=1S/C19H21N3O3S/c1-24-15-8-6-14(7-9-15)18(23)21-19(26)20-16-4-2-3-5-17(16)22-10-12-25-13-11-22/h2-9H,10-13H2,1H3,(H2,20,21,23,26). The largest absolute Gasteiger partial charge is 0.497 e. The summed E-state index contributed by atoms with van der Waals surface area (Å²) in [5.74, 6) is 0.427. The Bertz CT molecular complexity index is 774. The van der Waals surface area contributed by atoms with Crippen LogP contribution in [-0.4, -0.2) is 44.4 Å². The van der Waals surface area contributed by atoms with Crippen LogP contribution in [0.15, 0.2) is 48.5 Å². The van der Waals surface area contributed by atoms with Gasteiger partial charge in [-0.2, -0.15) is 0 Å². The molecule has 0 atom stereocenters. The number of nitrogens with zero attached hydrogens (tertiary/aromatic N) is 1. The fourth-order valence-corrected chi connectivity index (χ4v) is 2.93. The summed E-state index contributed by atoms with van der Waals surface area (Å²) in [7, 11) is 1.58. The number of ether oxygens (including phenoxy) is 2. The zero-order valence-electron chi connectivity index (χ0n) is 14.5. The third kappa shape index (κ3) is 4.50. The van der Waals surface area contributed by atoms with Crippen molar-refractivity contribution in [3.05, 3.63) is 54.1 Å². The summed E-state index contributed by atoms with van der Waals surface area (Å²) in [6, 6.07) is 14.7. The number of methoxy groups -OCH3 is 1. The average Bonchev–Trinajstić information content (AvgIpc) is 2.69. The van der Waals surface area contributed by atoms with Gasteiger partial charge >= 0.3 is 0 Å². The number of nitrogens with one attached hydrogen (secondary N) is 2. The topological polar surface area (TPSA) is 62.8 Å². The Morgan fingerprint density at radius 2 is 1.81 bits per heavy atom. The molecule has 6 nitrogen and oxygen atoms in total. The first-order valence-corrected chi connectivity index (χ1v) is 8.76. The number of carbonyl (C=O) groups is 1. The van der Waals surface area contributed by atoms with E-state index >= 15 is 0 Å². The third-order valence-corrected chi connectivity index (χ3v) is 4.29. The fourth-order valence-electron chi connectivity index (χ4n) is 2.73. The van der Waals surface area contributed by atoms with E-state index in [1.54, 1.807) is 31.4 Å². The SMILES string of the molecule is COc1ccc(C(=O)NC(=S)Nc2ccccc2N2CCOCC2)cc1. The summed E-state index contributed by atoms with van der Waals surface area (Å²) < 4.78 is 10.5. The lowest BCUT2D eigenvalue weighted by atomic mass is 10.2. The van der Waals surface area contributed by atoms with Crippen LogP contribution in [0.2, 0.25) is 0 Å². The molecule has 1 fully saturated rings. The summed E-state index contributed by atoms with van der Waals surface area (Å²) in [6.45, 7) is 3.05. The molecule has 2 N–H and O–H groups in total. The molecule has 3 rings (SSSR count). The lowest BCUT2D eigenvalue weighted by molar-refractivity contribution is 0.0977. The van der Waals surface area contributed by atoms with Gasteiger partial charge in [-0.05, 0) is 48.6 Å². The second-order valence-corrected chi connectivity index (χ2v) is 6.16. The number of morpholine rings is 1. The van der Waals surface area contributed by atoms with E-state index in [4.69, 9.17) is 21.7 Å². The number of hydrogen-bond acceptors (Lipinski definition) is 5. The Balaban J connectivity index is 1.65. The molecule has 1 saturated heterocycles. The maximum absolute atomic E-state index is 12.3. The molecule has 0 unspecified atom stereocenters. The summed E-state index contributed by atoms with van der Waals surface area (Å²) in [5.41, 5.74) is 2.41. The van der Waals surface area contributed by atoms with Crippen LogP contribution in [0.4, 0.5) is 11.4 Å². The van der Waals surface area contributed by atoms with Gasteiger partial charge in [-0.3, -0.25) is 10.1 Å². The van der Waals surface area contributed by atoms with E-state index in [0.717, 1.165) is 24.5 Å². The lowest BCUT2D eigenvalue weighted by Gasteiger charge is -2.30. The highest BCUT2D eigenvalue weighted by Gasteiger charge is 2.15. The van der Waals surface area contributed by atoms with E-state index in [1.165, 1.54) is 0 Å². The lowest BCUT2D eigenvalue weighted by Crippen LogP contribution is -2.38. The summed E-state index contributed by atoms with van der Waals surface area (Å²) in [6.07, 6.45) is 0. The monoisotopic (exact) mass is 371 g/mol. The highest BCUT2D eigenvalue weighted by atomic mass is 32.1. The van der Waals surface area contributed by atoms with Crippen LogP contribution in [0.5, 0.6) is 5.75 Å². The van der Waals surface area contributed by atoms with Crippen LogP contribution in [0.3, 0.4) is 0 Å². The zero-order valence-corrected chi connectivity index (χ0v) is 15.3. The normalized spacial score (nSPS) is 13.8. The maximum Gasteiger partial charge on any atom is 0.257 e. The van der Waals surface area contributed by atoms with Gasteiger partial charge in [0.2, 0.25) is 0 Å².